The predicted octanol–water partition coefficient (Wildman–Crippen LogP) is 1.28. The Morgan fingerprint density at radius 1 is 1.56 bits per heavy atom. The van der Waals surface area contributed by atoms with Crippen molar-refractivity contribution in [1.82, 2.24) is 10.2 Å². The third kappa shape index (κ3) is 2.96. The molecule has 2 atom stereocenters. The van der Waals surface area contributed by atoms with Gasteiger partial charge in [0, 0.05) is 18.1 Å². The lowest BCUT2D eigenvalue weighted by Gasteiger charge is -2.36. The molecule has 0 aliphatic carbocycles. The zero-order valence-electron chi connectivity index (χ0n) is 10.6. The van der Waals surface area contributed by atoms with Crippen LogP contribution in [0.3, 0.4) is 0 Å². The Morgan fingerprint density at radius 3 is 2.69 bits per heavy atom. The number of hydrogen-bond donors (Lipinski definition) is 1. The summed E-state index contributed by atoms with van der Waals surface area (Å²) in [6.07, 6.45) is 1.18. The molecular weight excluding hydrogens is 202 g/mol. The second-order valence-electron chi connectivity index (χ2n) is 5.43. The molecule has 1 amide bonds. The van der Waals surface area contributed by atoms with Gasteiger partial charge in [0.15, 0.2) is 0 Å². The summed E-state index contributed by atoms with van der Waals surface area (Å²) in [4.78, 5) is 14.1. The van der Waals surface area contributed by atoms with Crippen LogP contribution in [0.15, 0.2) is 0 Å². The molecular formula is C12H21N3O. The number of rotatable bonds is 1. The van der Waals surface area contributed by atoms with Gasteiger partial charge < -0.3 is 10.2 Å². The van der Waals surface area contributed by atoms with Crippen molar-refractivity contribution in [1.29, 1.82) is 5.26 Å². The van der Waals surface area contributed by atoms with Gasteiger partial charge in [0.25, 0.3) is 0 Å². The highest BCUT2D eigenvalue weighted by molar-refractivity contribution is 5.83. The summed E-state index contributed by atoms with van der Waals surface area (Å²) in [7, 11) is 0. The van der Waals surface area contributed by atoms with Crippen molar-refractivity contribution in [2.75, 3.05) is 6.54 Å². The lowest BCUT2D eigenvalue weighted by Crippen LogP contribution is -2.51. The van der Waals surface area contributed by atoms with Gasteiger partial charge in [-0.25, -0.2) is 0 Å². The second-order valence-corrected chi connectivity index (χ2v) is 5.43. The van der Waals surface area contributed by atoms with E-state index in [4.69, 9.17) is 5.26 Å². The Labute approximate surface area is 97.6 Å². The van der Waals surface area contributed by atoms with E-state index in [0.29, 0.717) is 0 Å². The van der Waals surface area contributed by atoms with Gasteiger partial charge in [-0.2, -0.15) is 5.26 Å². The molecule has 1 fully saturated rings. The van der Waals surface area contributed by atoms with Crippen molar-refractivity contribution in [2.45, 2.75) is 58.2 Å². The lowest BCUT2D eigenvalue weighted by molar-refractivity contribution is -0.137. The van der Waals surface area contributed by atoms with Crippen LogP contribution in [0.5, 0.6) is 0 Å². The molecule has 1 aliphatic rings. The maximum absolute atomic E-state index is 12.2. The first-order valence-electron chi connectivity index (χ1n) is 5.80. The van der Waals surface area contributed by atoms with Crippen molar-refractivity contribution < 1.29 is 4.79 Å². The summed E-state index contributed by atoms with van der Waals surface area (Å²) in [5, 5.41) is 12.0. The SMILES string of the molecule is CC1CCN(C(C)(C)C)C(=O)C(CC#N)N1. The molecule has 0 bridgehead atoms. The van der Waals surface area contributed by atoms with Crippen LogP contribution in [-0.4, -0.2) is 35.0 Å². The van der Waals surface area contributed by atoms with Gasteiger partial charge in [-0.15, -0.1) is 0 Å². The Bertz CT molecular complexity index is 300. The molecule has 1 aliphatic heterocycles. The van der Waals surface area contributed by atoms with Crippen LogP contribution in [-0.2, 0) is 4.79 Å². The molecule has 0 spiro atoms. The highest BCUT2D eigenvalue weighted by Crippen LogP contribution is 2.19. The topological polar surface area (TPSA) is 56.1 Å². The minimum atomic E-state index is -0.346. The number of nitrogens with zero attached hydrogens (tertiary/aromatic N) is 2. The first-order valence-corrected chi connectivity index (χ1v) is 5.80. The fraction of sp³-hybridized carbons (Fsp3) is 0.833. The molecule has 16 heavy (non-hydrogen) atoms. The molecule has 0 saturated carbocycles. The zero-order valence-corrected chi connectivity index (χ0v) is 10.6. The van der Waals surface area contributed by atoms with Crippen LogP contribution in [0.1, 0.15) is 40.5 Å². The van der Waals surface area contributed by atoms with Gasteiger partial charge in [0.2, 0.25) is 5.91 Å². The Kier molecular flexibility index (Phi) is 3.93. The van der Waals surface area contributed by atoms with Crippen LogP contribution in [0.4, 0.5) is 0 Å². The fourth-order valence-electron chi connectivity index (χ4n) is 2.02. The van der Waals surface area contributed by atoms with E-state index in [1.165, 1.54) is 0 Å². The van der Waals surface area contributed by atoms with Gasteiger partial charge in [0.1, 0.15) is 6.04 Å². The van der Waals surface area contributed by atoms with Crippen molar-refractivity contribution in [3.8, 4) is 6.07 Å². The van der Waals surface area contributed by atoms with Crippen molar-refractivity contribution in [2.24, 2.45) is 0 Å². The van der Waals surface area contributed by atoms with E-state index >= 15 is 0 Å². The molecule has 1 saturated heterocycles. The first-order chi connectivity index (χ1) is 7.36. The molecule has 2 unspecified atom stereocenters. The monoisotopic (exact) mass is 223 g/mol. The van der Waals surface area contributed by atoms with Crippen molar-refractivity contribution >= 4 is 5.91 Å². The molecule has 0 radical (unpaired) electrons. The van der Waals surface area contributed by atoms with Gasteiger partial charge in [-0.3, -0.25) is 4.79 Å². The number of amides is 1. The van der Waals surface area contributed by atoms with E-state index in [2.05, 4.69) is 18.3 Å². The molecule has 0 aromatic heterocycles. The Balaban J connectivity index is 2.88. The average Bonchev–Trinajstić information content (AvgIpc) is 2.27. The molecule has 90 valence electrons. The molecule has 1 rings (SSSR count). The van der Waals surface area contributed by atoms with Crippen molar-refractivity contribution in [3.05, 3.63) is 0 Å². The number of nitrogens with one attached hydrogen (secondary N) is 1. The Morgan fingerprint density at radius 2 is 2.19 bits per heavy atom. The molecule has 1 N–H and O–H groups in total. The number of nitriles is 1. The van der Waals surface area contributed by atoms with Gasteiger partial charge in [-0.05, 0) is 34.1 Å². The Hall–Kier alpha value is -1.08. The fourth-order valence-corrected chi connectivity index (χ4v) is 2.02. The summed E-state index contributed by atoms with van der Waals surface area (Å²) in [5.41, 5.74) is -0.170. The first kappa shape index (κ1) is 13.0. The minimum absolute atomic E-state index is 0.0541. The van der Waals surface area contributed by atoms with E-state index in [-0.39, 0.29) is 30.0 Å². The highest BCUT2D eigenvalue weighted by atomic mass is 16.2. The third-order valence-corrected chi connectivity index (χ3v) is 2.94. The molecule has 4 heteroatoms. The van der Waals surface area contributed by atoms with Crippen LogP contribution < -0.4 is 5.32 Å². The van der Waals surface area contributed by atoms with Crippen LogP contribution in [0, 0.1) is 11.3 Å². The second kappa shape index (κ2) is 4.84. The smallest absolute Gasteiger partial charge is 0.241 e. The summed E-state index contributed by atoms with van der Waals surface area (Å²) < 4.78 is 0. The van der Waals surface area contributed by atoms with E-state index in [1.807, 2.05) is 25.7 Å². The number of carbonyl (C=O) groups is 1. The molecule has 0 aromatic carbocycles. The average molecular weight is 223 g/mol. The van der Waals surface area contributed by atoms with E-state index < -0.39 is 0 Å². The predicted molar refractivity (Wildman–Crippen MR) is 62.7 cm³/mol. The molecule has 4 nitrogen and oxygen atoms in total. The summed E-state index contributed by atoms with van der Waals surface area (Å²) in [6.45, 7) is 8.92. The quantitative estimate of drug-likeness (QED) is 0.728. The van der Waals surface area contributed by atoms with E-state index in [1.54, 1.807) is 0 Å². The van der Waals surface area contributed by atoms with E-state index in [9.17, 15) is 4.79 Å². The lowest BCUT2D eigenvalue weighted by atomic mass is 10.0. The third-order valence-electron chi connectivity index (χ3n) is 2.94. The summed E-state index contributed by atoms with van der Waals surface area (Å²) >= 11 is 0. The zero-order chi connectivity index (χ0) is 12.3. The number of hydrogen-bond acceptors (Lipinski definition) is 3. The normalized spacial score (nSPS) is 27.4. The van der Waals surface area contributed by atoms with Crippen LogP contribution in [0.25, 0.3) is 0 Å². The van der Waals surface area contributed by atoms with Crippen molar-refractivity contribution in [3.63, 3.8) is 0 Å². The van der Waals surface area contributed by atoms with E-state index in [0.717, 1.165) is 13.0 Å². The molecule has 1 heterocycles. The summed E-state index contributed by atoms with van der Waals surface area (Å²) in [5.74, 6) is 0.0541. The maximum Gasteiger partial charge on any atom is 0.241 e. The van der Waals surface area contributed by atoms with Gasteiger partial charge in [0.05, 0.1) is 12.5 Å². The highest BCUT2D eigenvalue weighted by Gasteiger charge is 2.34. The van der Waals surface area contributed by atoms with Gasteiger partial charge >= 0.3 is 0 Å². The standard InChI is InChI=1S/C12H21N3O/c1-9-6-8-15(12(2,3)4)11(16)10(14-9)5-7-13/h9-10,14H,5-6,8H2,1-4H3. The number of carbonyl (C=O) groups excluding carboxylic acids is 1. The molecule has 0 aromatic rings. The maximum atomic E-state index is 12.2. The van der Waals surface area contributed by atoms with Crippen LogP contribution in [0.2, 0.25) is 0 Å². The minimum Gasteiger partial charge on any atom is -0.336 e. The summed E-state index contributed by atoms with van der Waals surface area (Å²) in [6, 6.07) is 2.02. The van der Waals surface area contributed by atoms with Crippen LogP contribution >= 0.6 is 0 Å². The largest absolute Gasteiger partial charge is 0.336 e. The van der Waals surface area contributed by atoms with Gasteiger partial charge in [-0.1, -0.05) is 0 Å².